The lowest BCUT2D eigenvalue weighted by atomic mass is 9.81. The Balaban J connectivity index is 1.70. The molecule has 3 heterocycles. The van der Waals surface area contributed by atoms with Gasteiger partial charge in [-0.25, -0.2) is 19.4 Å². The molecule has 8 heteroatoms. The summed E-state index contributed by atoms with van der Waals surface area (Å²) in [5.41, 5.74) is 4.65. The van der Waals surface area contributed by atoms with Crippen LogP contribution in [0.1, 0.15) is 48.3 Å². The largest absolute Gasteiger partial charge is 0.461 e. The Hall–Kier alpha value is -3.78. The molecular formula is C28H31N5O3. The molecule has 0 N–H and O–H groups in total. The van der Waals surface area contributed by atoms with E-state index >= 15 is 0 Å². The summed E-state index contributed by atoms with van der Waals surface area (Å²) in [6.07, 6.45) is 5.24. The minimum absolute atomic E-state index is 0.262. The number of nitrogens with zero attached hydrogens (tertiary/aromatic N) is 5. The van der Waals surface area contributed by atoms with E-state index in [1.807, 2.05) is 71.4 Å². The number of para-hydroxylation sites is 1. The van der Waals surface area contributed by atoms with Crippen molar-refractivity contribution in [1.29, 1.82) is 0 Å². The summed E-state index contributed by atoms with van der Waals surface area (Å²) in [5, 5.41) is 6.02. The number of pyridine rings is 2. The van der Waals surface area contributed by atoms with Gasteiger partial charge in [-0.1, -0.05) is 24.6 Å². The first kappa shape index (κ1) is 23.9. The van der Waals surface area contributed by atoms with Crippen LogP contribution in [0.5, 0.6) is 0 Å². The molecule has 0 bridgehead atoms. The second-order valence-corrected chi connectivity index (χ2v) is 9.05. The first-order chi connectivity index (χ1) is 17.6. The van der Waals surface area contributed by atoms with Gasteiger partial charge in [0.2, 0.25) is 0 Å². The van der Waals surface area contributed by atoms with Gasteiger partial charge < -0.3 is 14.4 Å². The molecule has 1 aliphatic rings. The Kier molecular flexibility index (Phi) is 6.95. The zero-order valence-corrected chi connectivity index (χ0v) is 21.0. The average Bonchev–Trinajstić information content (AvgIpc) is 3.25. The molecule has 0 amide bonds. The summed E-state index contributed by atoms with van der Waals surface area (Å²) in [6, 6.07) is 15.8. The van der Waals surface area contributed by atoms with Gasteiger partial charge in [0.1, 0.15) is 5.82 Å². The molecule has 36 heavy (non-hydrogen) atoms. The lowest BCUT2D eigenvalue weighted by Gasteiger charge is -2.24. The van der Waals surface area contributed by atoms with E-state index in [2.05, 4.69) is 0 Å². The van der Waals surface area contributed by atoms with E-state index in [1.165, 1.54) is 6.42 Å². The summed E-state index contributed by atoms with van der Waals surface area (Å²) >= 11 is 0. The highest BCUT2D eigenvalue weighted by Crippen LogP contribution is 2.42. The Labute approximate surface area is 210 Å². The standard InChI is InChI=1S/C28H31N5O3/c1-4-36-28(34)23-17-22(20-13-14-24(29-18-20)32(2)15-16-35-3)25-26(19-9-8-10-19)31-33(27(25)30-23)21-11-6-5-7-12-21/h5-7,11-14,17-19H,4,8-10,15-16H2,1-3H3. The molecule has 186 valence electrons. The summed E-state index contributed by atoms with van der Waals surface area (Å²) in [6.45, 7) is 3.44. The number of aromatic nitrogens is 4. The van der Waals surface area contributed by atoms with Crippen molar-refractivity contribution in [3.05, 3.63) is 66.1 Å². The number of rotatable bonds is 9. The van der Waals surface area contributed by atoms with Crippen LogP contribution in [-0.2, 0) is 9.47 Å². The summed E-state index contributed by atoms with van der Waals surface area (Å²) in [4.78, 5) is 24.4. The number of methoxy groups -OCH3 is 1. The predicted octanol–water partition coefficient (Wildman–Crippen LogP) is 5.01. The molecule has 0 spiro atoms. The first-order valence-electron chi connectivity index (χ1n) is 12.4. The first-order valence-corrected chi connectivity index (χ1v) is 12.4. The van der Waals surface area contributed by atoms with Crippen LogP contribution in [-0.4, -0.2) is 59.6 Å². The molecule has 0 aliphatic heterocycles. The zero-order valence-electron chi connectivity index (χ0n) is 21.0. The Morgan fingerprint density at radius 1 is 1.17 bits per heavy atom. The molecule has 0 unspecified atom stereocenters. The maximum absolute atomic E-state index is 12.8. The molecule has 1 aromatic carbocycles. The van der Waals surface area contributed by atoms with Gasteiger partial charge in [-0.2, -0.15) is 5.10 Å². The fourth-order valence-electron chi connectivity index (χ4n) is 4.51. The molecule has 0 saturated heterocycles. The highest BCUT2D eigenvalue weighted by molar-refractivity contribution is 6.00. The minimum Gasteiger partial charge on any atom is -0.461 e. The maximum Gasteiger partial charge on any atom is 0.357 e. The monoisotopic (exact) mass is 485 g/mol. The third kappa shape index (κ3) is 4.56. The van der Waals surface area contributed by atoms with E-state index in [-0.39, 0.29) is 12.3 Å². The molecule has 0 atom stereocenters. The number of anilines is 1. The maximum atomic E-state index is 12.8. The van der Waals surface area contributed by atoms with E-state index in [0.29, 0.717) is 18.2 Å². The minimum atomic E-state index is -0.449. The van der Waals surface area contributed by atoms with E-state index < -0.39 is 5.97 Å². The highest BCUT2D eigenvalue weighted by atomic mass is 16.5. The van der Waals surface area contributed by atoms with Crippen molar-refractivity contribution in [2.75, 3.05) is 38.8 Å². The molecular weight excluding hydrogens is 454 g/mol. The van der Waals surface area contributed by atoms with Gasteiger partial charge >= 0.3 is 5.97 Å². The number of likely N-dealkylation sites (N-methyl/N-ethyl adjacent to an activating group) is 1. The third-order valence-electron chi connectivity index (χ3n) is 6.72. The number of benzene rings is 1. The number of carbonyl (C=O) groups is 1. The lowest BCUT2D eigenvalue weighted by Crippen LogP contribution is -2.22. The van der Waals surface area contributed by atoms with Crippen LogP contribution in [0.3, 0.4) is 0 Å². The topological polar surface area (TPSA) is 82.4 Å². The normalized spacial score (nSPS) is 13.5. The number of carbonyl (C=O) groups excluding carboxylic acids is 1. The van der Waals surface area contributed by atoms with Crippen LogP contribution in [0.25, 0.3) is 27.8 Å². The summed E-state index contributed by atoms with van der Waals surface area (Å²) in [5.74, 6) is 0.778. The van der Waals surface area contributed by atoms with Crippen LogP contribution in [0.2, 0.25) is 0 Å². The van der Waals surface area contributed by atoms with Crippen molar-refractivity contribution in [2.45, 2.75) is 32.1 Å². The molecule has 1 saturated carbocycles. The SMILES string of the molecule is CCOC(=O)c1cc(-c2ccc(N(C)CCOC)nc2)c2c(C3CCC3)nn(-c3ccccc3)c2n1. The highest BCUT2D eigenvalue weighted by Gasteiger charge is 2.29. The van der Waals surface area contributed by atoms with Gasteiger partial charge in [0, 0.05) is 38.4 Å². The summed E-state index contributed by atoms with van der Waals surface area (Å²) in [7, 11) is 3.68. The van der Waals surface area contributed by atoms with Crippen LogP contribution < -0.4 is 4.90 Å². The van der Waals surface area contributed by atoms with E-state index in [9.17, 15) is 4.79 Å². The van der Waals surface area contributed by atoms with Crippen molar-refractivity contribution in [3.8, 4) is 16.8 Å². The Morgan fingerprint density at radius 2 is 1.97 bits per heavy atom. The second kappa shape index (κ2) is 10.5. The third-order valence-corrected chi connectivity index (χ3v) is 6.72. The molecule has 0 radical (unpaired) electrons. The number of fused-ring (bicyclic) bond motifs is 1. The quantitative estimate of drug-likeness (QED) is 0.308. The molecule has 4 aromatic rings. The van der Waals surface area contributed by atoms with Crippen molar-refractivity contribution in [3.63, 3.8) is 0 Å². The molecule has 8 nitrogen and oxygen atoms in total. The molecule has 5 rings (SSSR count). The molecule has 1 aliphatic carbocycles. The lowest BCUT2D eigenvalue weighted by molar-refractivity contribution is 0.0520. The molecule has 1 fully saturated rings. The van der Waals surface area contributed by atoms with Crippen LogP contribution in [0.4, 0.5) is 5.82 Å². The van der Waals surface area contributed by atoms with Crippen molar-refractivity contribution < 1.29 is 14.3 Å². The van der Waals surface area contributed by atoms with Crippen molar-refractivity contribution in [2.24, 2.45) is 0 Å². The summed E-state index contributed by atoms with van der Waals surface area (Å²) < 4.78 is 12.4. The zero-order chi connectivity index (χ0) is 25.1. The Bertz CT molecular complexity index is 1350. The van der Waals surface area contributed by atoms with Crippen LogP contribution >= 0.6 is 0 Å². The number of ether oxygens (including phenoxy) is 2. The molecule has 3 aromatic heterocycles. The average molecular weight is 486 g/mol. The Morgan fingerprint density at radius 3 is 2.61 bits per heavy atom. The van der Waals surface area contributed by atoms with E-state index in [1.54, 1.807) is 14.0 Å². The number of esters is 1. The van der Waals surface area contributed by atoms with Gasteiger partial charge in [-0.3, -0.25) is 0 Å². The van der Waals surface area contributed by atoms with Gasteiger partial charge in [0.25, 0.3) is 0 Å². The van der Waals surface area contributed by atoms with Crippen LogP contribution in [0.15, 0.2) is 54.7 Å². The number of hydrogen-bond acceptors (Lipinski definition) is 7. The van der Waals surface area contributed by atoms with Gasteiger partial charge in [0.15, 0.2) is 11.3 Å². The van der Waals surface area contributed by atoms with Gasteiger partial charge in [-0.05, 0) is 55.7 Å². The predicted molar refractivity (Wildman–Crippen MR) is 140 cm³/mol. The van der Waals surface area contributed by atoms with E-state index in [4.69, 9.17) is 24.5 Å². The smallest absolute Gasteiger partial charge is 0.357 e. The fourth-order valence-corrected chi connectivity index (χ4v) is 4.51. The fraction of sp³-hybridized carbons (Fsp3) is 0.357. The van der Waals surface area contributed by atoms with Crippen molar-refractivity contribution in [1.82, 2.24) is 19.7 Å². The van der Waals surface area contributed by atoms with Gasteiger partial charge in [0.05, 0.1) is 30.0 Å². The number of hydrogen-bond donors (Lipinski definition) is 0. The second-order valence-electron chi connectivity index (χ2n) is 9.05. The van der Waals surface area contributed by atoms with E-state index in [0.717, 1.165) is 53.1 Å². The van der Waals surface area contributed by atoms with Gasteiger partial charge in [-0.15, -0.1) is 0 Å². The van der Waals surface area contributed by atoms with Crippen molar-refractivity contribution >= 4 is 22.8 Å². The van der Waals surface area contributed by atoms with Crippen LogP contribution in [0, 0.1) is 0 Å².